The Hall–Kier alpha value is 0.420. The molecule has 0 amide bonds. The summed E-state index contributed by atoms with van der Waals surface area (Å²) in [6.45, 7) is 0. The maximum atomic E-state index is 10.3. The molecule has 0 radical (unpaired) electrons. The van der Waals surface area contributed by atoms with Crippen LogP contribution in [0.2, 0.25) is 5.02 Å². The molecule has 12 heavy (non-hydrogen) atoms. The van der Waals surface area contributed by atoms with Gasteiger partial charge in [-0.2, -0.15) is 0 Å². The first-order valence-corrected chi connectivity index (χ1v) is 4.14. The van der Waals surface area contributed by atoms with Gasteiger partial charge in [0.2, 0.25) is 0 Å². The molecule has 0 heterocycles. The molecule has 0 saturated carbocycles. The average Bonchev–Trinajstić information content (AvgIpc) is 1.94. The van der Waals surface area contributed by atoms with Gasteiger partial charge in [-0.3, -0.25) is 4.21 Å². The van der Waals surface area contributed by atoms with Crippen molar-refractivity contribution in [2.45, 2.75) is 4.90 Å². The Balaban J connectivity index is 0.00000121. The number of hydrogen-bond acceptors (Lipinski definition) is 3. The fourth-order valence-electron chi connectivity index (χ4n) is 0.596. The number of halogens is 1. The monoisotopic (exact) mass is 214 g/mol. The van der Waals surface area contributed by atoms with Crippen LogP contribution in [0.5, 0.6) is 5.75 Å². The molecule has 0 spiro atoms. The molecule has 1 atom stereocenters. The molecule has 0 bridgehead atoms. The molecule has 0 aliphatic carbocycles. The number of phenolic OH excluding ortho intramolecular Hbond substituents is 1. The van der Waals surface area contributed by atoms with Crippen LogP contribution in [0.4, 0.5) is 0 Å². The van der Waals surface area contributed by atoms with Crippen molar-refractivity contribution in [3.05, 3.63) is 23.2 Å². The van der Waals surface area contributed by atoms with Crippen molar-refractivity contribution in [3.63, 3.8) is 0 Å². The Morgan fingerprint density at radius 3 is 2.50 bits per heavy atom. The molecule has 3 nitrogen and oxygen atoms in total. The summed E-state index contributed by atoms with van der Waals surface area (Å²) < 4.78 is 20.6. The van der Waals surface area contributed by atoms with Crippen LogP contribution in [-0.2, 0) is 11.1 Å². The second kappa shape index (κ2) is 5.21. The summed E-state index contributed by atoms with van der Waals surface area (Å²) in [7, 11) is 0. The van der Waals surface area contributed by atoms with Crippen molar-refractivity contribution in [1.82, 2.24) is 0 Å². The third kappa shape index (κ3) is 3.05. The molecule has 60 valence electrons. The van der Waals surface area contributed by atoms with E-state index in [9.17, 15) is 8.76 Å². The summed E-state index contributed by atoms with van der Waals surface area (Å²) in [5.74, 6) is -0.228. The van der Waals surface area contributed by atoms with Crippen molar-refractivity contribution in [3.8, 4) is 5.75 Å². The van der Waals surface area contributed by atoms with E-state index in [2.05, 4.69) is 0 Å². The van der Waals surface area contributed by atoms with Crippen LogP contribution in [0.15, 0.2) is 23.1 Å². The summed E-state index contributed by atoms with van der Waals surface area (Å²) in [4.78, 5) is 0.0203. The second-order valence-corrected chi connectivity index (χ2v) is 3.20. The fraction of sp³-hybridized carbons (Fsp3) is 0. The molecule has 1 aromatic carbocycles. The van der Waals surface area contributed by atoms with Crippen LogP contribution in [-0.4, -0.2) is 13.9 Å². The summed E-state index contributed by atoms with van der Waals surface area (Å²) in [5, 5.41) is 9.08. The van der Waals surface area contributed by atoms with Gasteiger partial charge in [0.05, 0.1) is 5.02 Å². The molecule has 0 aliphatic heterocycles. The largest absolute Gasteiger partial charge is 1.00 e. The number of phenols is 1. The van der Waals surface area contributed by atoms with Gasteiger partial charge < -0.3 is 9.66 Å². The van der Waals surface area contributed by atoms with Gasteiger partial charge in [-0.25, -0.2) is 0 Å². The molecule has 0 saturated heterocycles. The van der Waals surface area contributed by atoms with E-state index in [-0.39, 0.29) is 45.2 Å². The summed E-state index contributed by atoms with van der Waals surface area (Å²) in [6, 6.07) is 3.72. The van der Waals surface area contributed by atoms with Gasteiger partial charge in [-0.05, 0) is 29.3 Å². The first-order chi connectivity index (χ1) is 5.11. The Morgan fingerprint density at radius 2 is 2.08 bits per heavy atom. The molecule has 0 aliphatic rings. The quantitative estimate of drug-likeness (QED) is 0.447. The Morgan fingerprint density at radius 1 is 1.50 bits per heavy atom. The van der Waals surface area contributed by atoms with E-state index in [1.54, 1.807) is 0 Å². The number of benzene rings is 1. The number of aromatic hydroxyl groups is 1. The van der Waals surface area contributed by atoms with Crippen molar-refractivity contribution >= 4 is 22.7 Å². The van der Waals surface area contributed by atoms with Gasteiger partial charge in [0.1, 0.15) is 5.75 Å². The SMILES string of the molecule is O=S([O-])c1ccc(Cl)c(O)c1.[Na+]. The second-order valence-electron chi connectivity index (χ2n) is 1.85. The zero-order chi connectivity index (χ0) is 8.43. The van der Waals surface area contributed by atoms with Gasteiger partial charge in [-0.15, -0.1) is 0 Å². The van der Waals surface area contributed by atoms with Crippen LogP contribution in [0, 0.1) is 0 Å². The van der Waals surface area contributed by atoms with Crippen molar-refractivity contribution < 1.29 is 43.4 Å². The molecule has 0 fully saturated rings. The zero-order valence-corrected chi connectivity index (χ0v) is 9.85. The van der Waals surface area contributed by atoms with Crippen LogP contribution in [0.1, 0.15) is 0 Å². The first-order valence-electron chi connectivity index (χ1n) is 2.69. The third-order valence-corrected chi connectivity index (χ3v) is 2.07. The number of hydrogen-bond donors (Lipinski definition) is 1. The van der Waals surface area contributed by atoms with Crippen LogP contribution < -0.4 is 29.6 Å². The minimum Gasteiger partial charge on any atom is -0.768 e. The van der Waals surface area contributed by atoms with Crippen LogP contribution in [0.25, 0.3) is 0 Å². The molecule has 1 N–H and O–H groups in total. The molecule has 6 heteroatoms. The smallest absolute Gasteiger partial charge is 0.768 e. The molecule has 1 unspecified atom stereocenters. The molecule has 0 aromatic heterocycles. The predicted octanol–water partition coefficient (Wildman–Crippen LogP) is -1.71. The van der Waals surface area contributed by atoms with E-state index in [0.717, 1.165) is 6.07 Å². The van der Waals surface area contributed by atoms with Gasteiger partial charge >= 0.3 is 29.6 Å². The zero-order valence-electron chi connectivity index (χ0n) is 6.28. The van der Waals surface area contributed by atoms with E-state index < -0.39 is 11.1 Å². The van der Waals surface area contributed by atoms with Gasteiger partial charge in [0, 0.05) is 4.90 Å². The van der Waals surface area contributed by atoms with E-state index >= 15 is 0 Å². The Bertz CT molecular complexity index is 305. The van der Waals surface area contributed by atoms with Crippen LogP contribution in [0.3, 0.4) is 0 Å². The average molecular weight is 215 g/mol. The van der Waals surface area contributed by atoms with Crippen LogP contribution >= 0.6 is 11.6 Å². The molecular formula is C6H4ClNaO3S. The summed E-state index contributed by atoms with van der Waals surface area (Å²) >= 11 is 3.12. The van der Waals surface area contributed by atoms with E-state index in [1.807, 2.05) is 0 Å². The molecular weight excluding hydrogens is 211 g/mol. The summed E-state index contributed by atoms with van der Waals surface area (Å²) in [6.07, 6.45) is 0. The van der Waals surface area contributed by atoms with Gasteiger partial charge in [0.15, 0.2) is 0 Å². The van der Waals surface area contributed by atoms with Crippen molar-refractivity contribution in [1.29, 1.82) is 0 Å². The van der Waals surface area contributed by atoms with Crippen molar-refractivity contribution in [2.24, 2.45) is 0 Å². The summed E-state index contributed by atoms with van der Waals surface area (Å²) in [5.41, 5.74) is 0. The van der Waals surface area contributed by atoms with E-state index in [4.69, 9.17) is 16.7 Å². The standard InChI is InChI=1S/C6H5ClO3S.Na/c7-5-2-1-4(11(9)10)3-6(5)8;/h1-3,8H,(H,9,10);/q;+1/p-1. The normalized spacial score (nSPS) is 11.8. The van der Waals surface area contributed by atoms with E-state index in [1.165, 1.54) is 12.1 Å². The number of rotatable bonds is 1. The minimum atomic E-state index is -2.32. The minimum absolute atomic E-state index is 0. The predicted molar refractivity (Wildman–Crippen MR) is 40.3 cm³/mol. The van der Waals surface area contributed by atoms with Gasteiger partial charge in [0.25, 0.3) is 0 Å². The topological polar surface area (TPSA) is 60.4 Å². The fourth-order valence-corrected chi connectivity index (χ4v) is 1.10. The maximum absolute atomic E-state index is 10.3. The first kappa shape index (κ1) is 12.4. The van der Waals surface area contributed by atoms with E-state index in [0.29, 0.717) is 0 Å². The van der Waals surface area contributed by atoms with Gasteiger partial charge in [-0.1, -0.05) is 11.6 Å². The Kier molecular flexibility index (Phi) is 5.40. The molecule has 1 aromatic rings. The third-order valence-electron chi connectivity index (χ3n) is 1.11. The Labute approximate surface area is 99.3 Å². The maximum Gasteiger partial charge on any atom is 1.00 e. The molecule has 1 rings (SSSR count). The van der Waals surface area contributed by atoms with Crippen molar-refractivity contribution in [2.75, 3.05) is 0 Å².